The van der Waals surface area contributed by atoms with Gasteiger partial charge in [0.05, 0.1) is 5.75 Å². The lowest BCUT2D eigenvalue weighted by Gasteiger charge is -2.11. The van der Waals surface area contributed by atoms with E-state index in [-0.39, 0.29) is 0 Å². The van der Waals surface area contributed by atoms with Gasteiger partial charge in [-0.15, -0.1) is 0 Å². The van der Waals surface area contributed by atoms with Crippen LogP contribution in [0.3, 0.4) is 0 Å². The van der Waals surface area contributed by atoms with Crippen LogP contribution in [-0.4, -0.2) is 20.8 Å². The zero-order chi connectivity index (χ0) is 21.3. The maximum atomic E-state index is 12.5. The Balaban J connectivity index is 2.36. The fraction of sp³-hybridized carbons (Fsp3) is 0.760. The standard InChI is InChI=1S/C25H44O2S2/c1-4-6-8-10-12-14-16-28-20-23-18-22(3)25(26)24(19-23)21-29(27)17-15-13-11-9-7-5-2/h18-19,26H,4-17,20-21H2,1-3H3. The highest BCUT2D eigenvalue weighted by molar-refractivity contribution is 7.98. The predicted molar refractivity (Wildman–Crippen MR) is 132 cm³/mol. The van der Waals surface area contributed by atoms with Crippen LogP contribution in [-0.2, 0) is 22.3 Å². The van der Waals surface area contributed by atoms with Crippen molar-refractivity contribution in [3.05, 3.63) is 28.8 Å². The maximum absolute atomic E-state index is 12.5. The summed E-state index contributed by atoms with van der Waals surface area (Å²) in [5.41, 5.74) is 3.03. The van der Waals surface area contributed by atoms with Crippen LogP contribution in [0, 0.1) is 6.92 Å². The van der Waals surface area contributed by atoms with Gasteiger partial charge < -0.3 is 5.11 Å². The predicted octanol–water partition coefficient (Wildman–Crippen LogP) is 7.90. The van der Waals surface area contributed by atoms with E-state index in [1.165, 1.54) is 81.9 Å². The number of aryl methyl sites for hydroxylation is 1. The number of hydrogen-bond acceptors (Lipinski definition) is 3. The third-order valence-corrected chi connectivity index (χ3v) is 7.88. The summed E-state index contributed by atoms with van der Waals surface area (Å²) in [6.07, 6.45) is 15.4. The van der Waals surface area contributed by atoms with E-state index in [0.717, 1.165) is 29.1 Å². The van der Waals surface area contributed by atoms with Gasteiger partial charge in [-0.1, -0.05) is 90.2 Å². The van der Waals surface area contributed by atoms with E-state index in [1.54, 1.807) is 0 Å². The SMILES string of the molecule is CCCCCCCCSCc1cc(C)c(O)c(CS(=O)CCCCCCCC)c1. The molecule has 0 spiro atoms. The lowest BCUT2D eigenvalue weighted by atomic mass is 10.1. The lowest BCUT2D eigenvalue weighted by Crippen LogP contribution is -2.03. The summed E-state index contributed by atoms with van der Waals surface area (Å²) in [5, 5.41) is 10.4. The fourth-order valence-electron chi connectivity index (χ4n) is 3.59. The van der Waals surface area contributed by atoms with Crippen molar-refractivity contribution >= 4 is 22.6 Å². The molecule has 2 nitrogen and oxygen atoms in total. The maximum Gasteiger partial charge on any atom is 0.122 e. The van der Waals surface area contributed by atoms with E-state index < -0.39 is 10.8 Å². The van der Waals surface area contributed by atoms with E-state index in [2.05, 4.69) is 26.0 Å². The Kier molecular flexibility index (Phi) is 15.8. The van der Waals surface area contributed by atoms with Gasteiger partial charge in [0.25, 0.3) is 0 Å². The highest BCUT2D eigenvalue weighted by Gasteiger charge is 2.11. The molecular weight excluding hydrogens is 396 g/mol. The molecule has 0 aliphatic rings. The van der Waals surface area contributed by atoms with Gasteiger partial charge in [0.2, 0.25) is 0 Å². The van der Waals surface area contributed by atoms with Crippen LogP contribution in [0.15, 0.2) is 12.1 Å². The topological polar surface area (TPSA) is 37.3 Å². The minimum Gasteiger partial charge on any atom is -0.507 e. The Hall–Kier alpha value is -0.480. The molecule has 29 heavy (non-hydrogen) atoms. The van der Waals surface area contributed by atoms with Crippen LogP contribution in [0.1, 0.15) is 108 Å². The number of thioether (sulfide) groups is 1. The molecule has 1 atom stereocenters. The zero-order valence-electron chi connectivity index (χ0n) is 19.1. The first-order valence-corrected chi connectivity index (χ1v) is 14.5. The molecule has 0 saturated carbocycles. The summed E-state index contributed by atoms with van der Waals surface area (Å²) >= 11 is 1.98. The minimum absolute atomic E-state index is 0.339. The van der Waals surface area contributed by atoms with Gasteiger partial charge in [-0.05, 0) is 36.6 Å². The van der Waals surface area contributed by atoms with E-state index in [0.29, 0.717) is 11.5 Å². The van der Waals surface area contributed by atoms with Crippen molar-refractivity contribution in [2.75, 3.05) is 11.5 Å². The molecule has 0 amide bonds. The highest BCUT2D eigenvalue weighted by atomic mass is 32.2. The number of benzene rings is 1. The van der Waals surface area contributed by atoms with Gasteiger partial charge >= 0.3 is 0 Å². The van der Waals surface area contributed by atoms with Gasteiger partial charge in [-0.2, -0.15) is 11.8 Å². The van der Waals surface area contributed by atoms with Gasteiger partial charge in [-0.25, -0.2) is 0 Å². The monoisotopic (exact) mass is 440 g/mol. The van der Waals surface area contributed by atoms with Gasteiger partial charge in [0, 0.05) is 27.9 Å². The second kappa shape index (κ2) is 17.2. The van der Waals surface area contributed by atoms with Crippen molar-refractivity contribution in [2.24, 2.45) is 0 Å². The van der Waals surface area contributed by atoms with Crippen molar-refractivity contribution in [3.8, 4) is 5.75 Å². The molecule has 0 fully saturated rings. The van der Waals surface area contributed by atoms with Crippen molar-refractivity contribution in [1.29, 1.82) is 0 Å². The molecule has 1 aromatic carbocycles. The van der Waals surface area contributed by atoms with Gasteiger partial charge in [-0.3, -0.25) is 4.21 Å². The van der Waals surface area contributed by atoms with Crippen molar-refractivity contribution < 1.29 is 9.32 Å². The molecule has 0 aliphatic heterocycles. The second-order valence-electron chi connectivity index (χ2n) is 8.30. The molecule has 1 N–H and O–H groups in total. The Morgan fingerprint density at radius 1 is 0.862 bits per heavy atom. The van der Waals surface area contributed by atoms with Crippen LogP contribution in [0.25, 0.3) is 0 Å². The first-order chi connectivity index (χ1) is 14.1. The molecule has 1 unspecified atom stereocenters. The van der Waals surface area contributed by atoms with Gasteiger partial charge in [0.1, 0.15) is 5.75 Å². The summed E-state index contributed by atoms with van der Waals surface area (Å²) in [6, 6.07) is 4.17. The number of hydrogen-bond donors (Lipinski definition) is 1. The van der Waals surface area contributed by atoms with Crippen molar-refractivity contribution in [1.82, 2.24) is 0 Å². The molecule has 0 saturated heterocycles. The third-order valence-electron chi connectivity index (χ3n) is 5.39. The number of rotatable bonds is 18. The Morgan fingerprint density at radius 3 is 2.10 bits per heavy atom. The van der Waals surface area contributed by atoms with Crippen LogP contribution in [0.5, 0.6) is 5.75 Å². The summed E-state index contributed by atoms with van der Waals surface area (Å²) in [7, 11) is -0.885. The fourth-order valence-corrected chi connectivity index (χ4v) is 5.78. The average Bonchev–Trinajstić information content (AvgIpc) is 2.70. The van der Waals surface area contributed by atoms with E-state index in [4.69, 9.17) is 0 Å². The average molecular weight is 441 g/mol. The molecule has 0 aliphatic carbocycles. The van der Waals surface area contributed by atoms with E-state index >= 15 is 0 Å². The molecule has 1 rings (SSSR count). The normalized spacial score (nSPS) is 12.4. The zero-order valence-corrected chi connectivity index (χ0v) is 20.8. The second-order valence-corrected chi connectivity index (χ2v) is 11.0. The molecule has 0 bridgehead atoms. The van der Waals surface area contributed by atoms with E-state index in [1.807, 2.05) is 18.7 Å². The molecular formula is C25H44O2S2. The van der Waals surface area contributed by atoms with E-state index in [9.17, 15) is 9.32 Å². The summed E-state index contributed by atoms with van der Waals surface area (Å²) < 4.78 is 12.5. The Morgan fingerprint density at radius 2 is 1.45 bits per heavy atom. The molecule has 168 valence electrons. The summed E-state index contributed by atoms with van der Waals surface area (Å²) in [6.45, 7) is 6.44. The van der Waals surface area contributed by atoms with Crippen LogP contribution >= 0.6 is 11.8 Å². The molecule has 4 heteroatoms. The number of unbranched alkanes of at least 4 members (excludes halogenated alkanes) is 10. The summed E-state index contributed by atoms with van der Waals surface area (Å²) in [4.78, 5) is 0. The van der Waals surface area contributed by atoms with Gasteiger partial charge in [0.15, 0.2) is 0 Å². The number of aromatic hydroxyl groups is 1. The summed E-state index contributed by atoms with van der Waals surface area (Å²) in [5.74, 6) is 3.75. The highest BCUT2D eigenvalue weighted by Crippen LogP contribution is 2.27. The number of phenols is 1. The van der Waals surface area contributed by atoms with Crippen LogP contribution < -0.4 is 0 Å². The first kappa shape index (κ1) is 26.6. The molecule has 1 aromatic rings. The van der Waals surface area contributed by atoms with Crippen LogP contribution in [0.4, 0.5) is 0 Å². The largest absolute Gasteiger partial charge is 0.507 e. The Labute approximate surface area is 187 Å². The minimum atomic E-state index is -0.885. The van der Waals surface area contributed by atoms with Crippen molar-refractivity contribution in [3.63, 3.8) is 0 Å². The molecule has 0 aromatic heterocycles. The third kappa shape index (κ3) is 12.7. The molecule has 0 radical (unpaired) electrons. The lowest BCUT2D eigenvalue weighted by molar-refractivity contribution is 0.466. The van der Waals surface area contributed by atoms with Crippen LogP contribution in [0.2, 0.25) is 0 Å². The Bertz CT molecular complexity index is 572. The van der Waals surface area contributed by atoms with Crippen molar-refractivity contribution in [2.45, 2.75) is 109 Å². The first-order valence-electron chi connectivity index (χ1n) is 11.8. The number of phenolic OH excluding ortho intramolecular Hbond substituents is 1. The smallest absolute Gasteiger partial charge is 0.122 e. The molecule has 0 heterocycles. The quantitative estimate of drug-likeness (QED) is 0.236.